The first-order valence-corrected chi connectivity index (χ1v) is 8.05. The molecule has 0 bridgehead atoms. The second-order valence-electron chi connectivity index (χ2n) is 4.86. The molecule has 20 heavy (non-hydrogen) atoms. The Hall–Kier alpha value is -1.11. The van der Waals surface area contributed by atoms with E-state index in [-0.39, 0.29) is 0 Å². The summed E-state index contributed by atoms with van der Waals surface area (Å²) in [7, 11) is 0. The van der Waals surface area contributed by atoms with E-state index in [2.05, 4.69) is 39.5 Å². The first-order valence-electron chi connectivity index (χ1n) is 6.66. The number of aromatic nitrogens is 2. The molecule has 0 atom stereocenters. The van der Waals surface area contributed by atoms with Gasteiger partial charge in [-0.1, -0.05) is 24.0 Å². The van der Waals surface area contributed by atoms with Crippen molar-refractivity contribution in [2.24, 2.45) is 0 Å². The molecule has 2 aromatic rings. The van der Waals surface area contributed by atoms with Crippen molar-refractivity contribution in [3.63, 3.8) is 0 Å². The fraction of sp³-hybridized carbons (Fsp3) is 0.429. The van der Waals surface area contributed by atoms with Gasteiger partial charge in [0.2, 0.25) is 0 Å². The van der Waals surface area contributed by atoms with Crippen molar-refractivity contribution in [3.8, 4) is 0 Å². The minimum absolute atomic E-state index is 0.772. The Labute approximate surface area is 128 Å². The van der Waals surface area contributed by atoms with Crippen molar-refractivity contribution in [2.45, 2.75) is 12.7 Å². The maximum absolute atomic E-state index is 5.47. The number of morpholine rings is 1. The van der Waals surface area contributed by atoms with Crippen LogP contribution in [0.5, 0.6) is 0 Å². The van der Waals surface area contributed by atoms with Crippen LogP contribution in [0.25, 0.3) is 5.65 Å². The lowest BCUT2D eigenvalue weighted by Gasteiger charge is -2.28. The summed E-state index contributed by atoms with van der Waals surface area (Å²) in [6.45, 7) is 5.42. The fourth-order valence-electron chi connectivity index (χ4n) is 2.18. The van der Waals surface area contributed by atoms with Gasteiger partial charge < -0.3 is 14.0 Å². The van der Waals surface area contributed by atoms with Gasteiger partial charge in [0.25, 0.3) is 0 Å². The number of nitrogens with zero attached hydrogens (tertiary/aromatic N) is 3. The van der Waals surface area contributed by atoms with E-state index in [1.807, 2.05) is 6.20 Å². The number of ether oxygens (including phenoxy) is 1. The number of imidazole rings is 1. The van der Waals surface area contributed by atoms with Gasteiger partial charge in [0.05, 0.1) is 18.9 Å². The third-order valence-corrected chi connectivity index (χ3v) is 4.84. The van der Waals surface area contributed by atoms with Gasteiger partial charge in [-0.25, -0.2) is 4.98 Å². The van der Waals surface area contributed by atoms with Gasteiger partial charge in [-0.15, -0.1) is 0 Å². The van der Waals surface area contributed by atoms with Gasteiger partial charge in [-0.2, -0.15) is 0 Å². The Morgan fingerprint density at radius 2 is 2.25 bits per heavy atom. The van der Waals surface area contributed by atoms with E-state index in [1.165, 1.54) is 5.56 Å². The second-order valence-corrected chi connectivity index (χ2v) is 6.46. The SMILES string of the molecule is Cc1ccn2cc(CSC(=S)N3CCOCC3)nc2c1. The van der Waals surface area contributed by atoms with Crippen LogP contribution in [0.4, 0.5) is 0 Å². The number of thioether (sulfide) groups is 1. The first-order chi connectivity index (χ1) is 9.72. The number of hydrogen-bond acceptors (Lipinski definition) is 4. The van der Waals surface area contributed by atoms with Crippen molar-refractivity contribution in [3.05, 3.63) is 35.8 Å². The average Bonchev–Trinajstić information content (AvgIpc) is 2.87. The van der Waals surface area contributed by atoms with Crippen LogP contribution >= 0.6 is 24.0 Å². The van der Waals surface area contributed by atoms with Gasteiger partial charge >= 0.3 is 0 Å². The fourth-order valence-corrected chi connectivity index (χ4v) is 3.31. The zero-order valence-electron chi connectivity index (χ0n) is 11.4. The van der Waals surface area contributed by atoms with Crippen LogP contribution in [0.1, 0.15) is 11.3 Å². The summed E-state index contributed by atoms with van der Waals surface area (Å²) < 4.78 is 8.34. The van der Waals surface area contributed by atoms with E-state index < -0.39 is 0 Å². The molecule has 2 aromatic heterocycles. The maximum atomic E-state index is 5.47. The molecule has 106 valence electrons. The lowest BCUT2D eigenvalue weighted by atomic mass is 10.3. The second kappa shape index (κ2) is 6.11. The highest BCUT2D eigenvalue weighted by atomic mass is 32.2. The lowest BCUT2D eigenvalue weighted by Crippen LogP contribution is -2.38. The number of hydrogen-bond donors (Lipinski definition) is 0. The van der Waals surface area contributed by atoms with Crippen molar-refractivity contribution >= 4 is 33.9 Å². The third-order valence-electron chi connectivity index (χ3n) is 3.28. The van der Waals surface area contributed by atoms with Gasteiger partial charge in [-0.05, 0) is 24.6 Å². The predicted octanol–water partition coefficient (Wildman–Crippen LogP) is 2.49. The largest absolute Gasteiger partial charge is 0.378 e. The maximum Gasteiger partial charge on any atom is 0.137 e. The van der Waals surface area contributed by atoms with Crippen LogP contribution in [-0.2, 0) is 10.5 Å². The Balaban J connectivity index is 1.63. The molecule has 0 spiro atoms. The predicted molar refractivity (Wildman–Crippen MR) is 86.2 cm³/mol. The number of rotatable bonds is 2. The minimum Gasteiger partial charge on any atom is -0.378 e. The van der Waals surface area contributed by atoms with E-state index in [1.54, 1.807) is 11.8 Å². The molecule has 6 heteroatoms. The van der Waals surface area contributed by atoms with Crippen LogP contribution in [0.3, 0.4) is 0 Å². The van der Waals surface area contributed by atoms with Gasteiger partial charge in [0.1, 0.15) is 9.97 Å². The number of aryl methyl sites for hydroxylation is 1. The molecule has 1 aliphatic rings. The normalized spacial score (nSPS) is 15.8. The Bertz CT molecular complexity index is 620. The van der Waals surface area contributed by atoms with E-state index >= 15 is 0 Å². The molecule has 0 saturated carbocycles. The monoisotopic (exact) mass is 307 g/mol. The molecule has 4 nitrogen and oxygen atoms in total. The van der Waals surface area contributed by atoms with Crippen LogP contribution in [0.15, 0.2) is 24.5 Å². The van der Waals surface area contributed by atoms with Crippen molar-refractivity contribution in [1.82, 2.24) is 14.3 Å². The molecular weight excluding hydrogens is 290 g/mol. The summed E-state index contributed by atoms with van der Waals surface area (Å²) >= 11 is 7.15. The van der Waals surface area contributed by atoms with E-state index in [4.69, 9.17) is 17.0 Å². The van der Waals surface area contributed by atoms with Crippen LogP contribution in [0.2, 0.25) is 0 Å². The zero-order valence-corrected chi connectivity index (χ0v) is 13.0. The summed E-state index contributed by atoms with van der Waals surface area (Å²) in [4.78, 5) is 6.84. The lowest BCUT2D eigenvalue weighted by molar-refractivity contribution is 0.0702. The quantitative estimate of drug-likeness (QED) is 0.795. The highest BCUT2D eigenvalue weighted by Gasteiger charge is 2.14. The molecule has 3 heterocycles. The topological polar surface area (TPSA) is 29.8 Å². The van der Waals surface area contributed by atoms with Crippen molar-refractivity contribution < 1.29 is 4.74 Å². The van der Waals surface area contributed by atoms with E-state index in [9.17, 15) is 0 Å². The molecule has 0 amide bonds. The zero-order chi connectivity index (χ0) is 13.9. The Kier molecular flexibility index (Phi) is 4.24. The van der Waals surface area contributed by atoms with E-state index in [0.29, 0.717) is 0 Å². The molecule has 0 unspecified atom stereocenters. The molecule has 0 N–H and O–H groups in total. The standard InChI is InChI=1S/C14H17N3OS2/c1-11-2-3-17-9-12(15-13(17)8-11)10-20-14(19)16-4-6-18-7-5-16/h2-3,8-9H,4-7,10H2,1H3. The molecule has 1 fully saturated rings. The minimum atomic E-state index is 0.772. The van der Waals surface area contributed by atoms with Crippen molar-refractivity contribution in [1.29, 1.82) is 0 Å². The van der Waals surface area contributed by atoms with Gasteiger partial charge in [-0.3, -0.25) is 0 Å². The first kappa shape index (κ1) is 13.9. The van der Waals surface area contributed by atoms with Gasteiger partial charge in [0, 0.05) is 31.2 Å². The molecule has 0 radical (unpaired) electrons. The average molecular weight is 307 g/mol. The summed E-state index contributed by atoms with van der Waals surface area (Å²) in [5, 5.41) is 0. The van der Waals surface area contributed by atoms with Crippen molar-refractivity contribution in [2.75, 3.05) is 26.3 Å². The van der Waals surface area contributed by atoms with Crippen LogP contribution in [0, 0.1) is 6.92 Å². The summed E-state index contributed by atoms with van der Waals surface area (Å²) in [6, 6.07) is 4.18. The molecular formula is C14H17N3OS2. The highest BCUT2D eigenvalue weighted by molar-refractivity contribution is 8.22. The number of thiocarbonyl (C=S) groups is 1. The summed E-state index contributed by atoms with van der Waals surface area (Å²) in [6.07, 6.45) is 4.12. The Morgan fingerprint density at radius 3 is 3.05 bits per heavy atom. The third kappa shape index (κ3) is 3.13. The molecule has 1 saturated heterocycles. The van der Waals surface area contributed by atoms with Crippen LogP contribution in [-0.4, -0.2) is 44.9 Å². The summed E-state index contributed by atoms with van der Waals surface area (Å²) in [5.74, 6) is 0.816. The van der Waals surface area contributed by atoms with E-state index in [0.717, 1.165) is 47.7 Å². The molecule has 1 aliphatic heterocycles. The molecule has 0 aromatic carbocycles. The smallest absolute Gasteiger partial charge is 0.137 e. The van der Waals surface area contributed by atoms with Gasteiger partial charge in [0.15, 0.2) is 0 Å². The van der Waals surface area contributed by atoms with Crippen LogP contribution < -0.4 is 0 Å². The number of fused-ring (bicyclic) bond motifs is 1. The Morgan fingerprint density at radius 1 is 1.45 bits per heavy atom. The number of pyridine rings is 1. The summed E-state index contributed by atoms with van der Waals surface area (Å²) in [5.41, 5.74) is 3.29. The molecule has 0 aliphatic carbocycles. The highest BCUT2D eigenvalue weighted by Crippen LogP contribution is 2.18. The molecule has 3 rings (SSSR count).